The fourth-order valence-corrected chi connectivity index (χ4v) is 2.76. The van der Waals surface area contributed by atoms with Gasteiger partial charge in [-0.3, -0.25) is 9.69 Å². The van der Waals surface area contributed by atoms with Crippen molar-refractivity contribution in [3.63, 3.8) is 0 Å². The van der Waals surface area contributed by atoms with Gasteiger partial charge in [0.1, 0.15) is 11.6 Å². The average Bonchev–Trinajstić information content (AvgIpc) is 2.47. The molecule has 1 aromatic rings. The second-order valence-electron chi connectivity index (χ2n) is 6.09. The molecule has 0 aliphatic carbocycles. The molecule has 0 bridgehead atoms. The van der Waals surface area contributed by atoms with E-state index in [2.05, 4.69) is 25.8 Å². The molecule has 0 saturated carbocycles. The van der Waals surface area contributed by atoms with Crippen LogP contribution in [0.1, 0.15) is 26.7 Å². The molecule has 2 unspecified atom stereocenters. The van der Waals surface area contributed by atoms with Gasteiger partial charge < -0.3 is 9.64 Å². The van der Waals surface area contributed by atoms with Crippen molar-refractivity contribution >= 4 is 5.91 Å². The largest absolute Gasteiger partial charge is 0.493 e. The van der Waals surface area contributed by atoms with Crippen molar-refractivity contribution in [2.75, 3.05) is 26.7 Å². The van der Waals surface area contributed by atoms with Crippen molar-refractivity contribution in [3.8, 4) is 5.75 Å². The van der Waals surface area contributed by atoms with E-state index in [1.54, 1.807) is 12.1 Å². The Hall–Kier alpha value is -1.62. The zero-order chi connectivity index (χ0) is 16.1. The Morgan fingerprint density at radius 3 is 2.82 bits per heavy atom. The lowest BCUT2D eigenvalue weighted by Crippen LogP contribution is -2.56. The maximum Gasteiger partial charge on any atom is 0.223 e. The fraction of sp³-hybridized carbons (Fsp3) is 0.588. The summed E-state index contributed by atoms with van der Waals surface area (Å²) in [6.07, 6.45) is 1.11. The average molecular weight is 308 g/mol. The van der Waals surface area contributed by atoms with Crippen molar-refractivity contribution < 1.29 is 13.9 Å². The van der Waals surface area contributed by atoms with Crippen molar-refractivity contribution in [3.05, 3.63) is 30.1 Å². The Labute approximate surface area is 131 Å². The summed E-state index contributed by atoms with van der Waals surface area (Å²) in [4.78, 5) is 16.6. The third-order valence-corrected chi connectivity index (χ3v) is 4.22. The number of ether oxygens (including phenoxy) is 1. The summed E-state index contributed by atoms with van der Waals surface area (Å²) in [7, 11) is 2.09. The minimum atomic E-state index is -0.311. The summed E-state index contributed by atoms with van der Waals surface area (Å²) in [5.41, 5.74) is 0. The molecule has 1 saturated heterocycles. The van der Waals surface area contributed by atoms with Crippen LogP contribution in [-0.4, -0.2) is 54.5 Å². The first-order valence-corrected chi connectivity index (χ1v) is 7.85. The predicted molar refractivity (Wildman–Crippen MR) is 84.4 cm³/mol. The summed E-state index contributed by atoms with van der Waals surface area (Å²) in [6, 6.07) is 6.71. The molecular formula is C17H25FN2O2. The molecule has 5 heteroatoms. The summed E-state index contributed by atoms with van der Waals surface area (Å²) in [5.74, 6) is 0.373. The number of hydrogen-bond acceptors (Lipinski definition) is 3. The van der Waals surface area contributed by atoms with Crippen LogP contribution in [0.4, 0.5) is 4.39 Å². The molecule has 22 heavy (non-hydrogen) atoms. The van der Waals surface area contributed by atoms with Crippen LogP contribution in [0.3, 0.4) is 0 Å². The Balaban J connectivity index is 1.73. The molecule has 0 radical (unpaired) electrons. The first-order chi connectivity index (χ1) is 10.5. The van der Waals surface area contributed by atoms with Crippen LogP contribution in [0.5, 0.6) is 5.75 Å². The number of piperazine rings is 1. The van der Waals surface area contributed by atoms with Gasteiger partial charge in [-0.25, -0.2) is 4.39 Å². The Morgan fingerprint density at radius 2 is 2.09 bits per heavy atom. The van der Waals surface area contributed by atoms with E-state index in [9.17, 15) is 9.18 Å². The van der Waals surface area contributed by atoms with E-state index in [4.69, 9.17) is 4.74 Å². The maximum absolute atomic E-state index is 13.0. The SMILES string of the molecule is CC1CN(C(=O)CCCOc2cccc(F)c2)C(C)CN1C. The number of hydrogen-bond donors (Lipinski definition) is 0. The van der Waals surface area contributed by atoms with Gasteiger partial charge in [-0.05, 0) is 39.4 Å². The molecule has 0 N–H and O–H groups in total. The van der Waals surface area contributed by atoms with E-state index in [1.807, 2.05) is 4.90 Å². The van der Waals surface area contributed by atoms with Gasteiger partial charge in [-0.15, -0.1) is 0 Å². The fourth-order valence-electron chi connectivity index (χ4n) is 2.76. The van der Waals surface area contributed by atoms with E-state index in [-0.39, 0.29) is 17.8 Å². The molecule has 2 atom stereocenters. The van der Waals surface area contributed by atoms with Gasteiger partial charge in [0.25, 0.3) is 0 Å². The number of likely N-dealkylation sites (N-methyl/N-ethyl adjacent to an activating group) is 1. The number of halogens is 1. The standard InChI is InChI=1S/C17H25FN2O2/c1-13-12-20(14(2)11-19(13)3)17(21)8-5-9-22-16-7-4-6-15(18)10-16/h4,6-7,10,13-14H,5,8-9,11-12H2,1-3H3. The number of amides is 1. The van der Waals surface area contributed by atoms with E-state index in [1.165, 1.54) is 12.1 Å². The molecule has 1 heterocycles. The summed E-state index contributed by atoms with van der Waals surface area (Å²) >= 11 is 0. The van der Waals surface area contributed by atoms with Crippen molar-refractivity contribution in [1.82, 2.24) is 9.80 Å². The van der Waals surface area contributed by atoms with Crippen LogP contribution < -0.4 is 4.74 Å². The van der Waals surface area contributed by atoms with Crippen LogP contribution in [0, 0.1) is 5.82 Å². The molecule has 1 aromatic carbocycles. The number of benzene rings is 1. The van der Waals surface area contributed by atoms with Crippen molar-refractivity contribution in [2.45, 2.75) is 38.8 Å². The van der Waals surface area contributed by atoms with Gasteiger partial charge in [-0.1, -0.05) is 6.07 Å². The van der Waals surface area contributed by atoms with Gasteiger partial charge in [0.15, 0.2) is 0 Å². The van der Waals surface area contributed by atoms with Crippen molar-refractivity contribution in [1.29, 1.82) is 0 Å². The lowest BCUT2D eigenvalue weighted by molar-refractivity contribution is -0.137. The smallest absolute Gasteiger partial charge is 0.223 e. The molecule has 0 aromatic heterocycles. The van der Waals surface area contributed by atoms with E-state index in [0.717, 1.165) is 13.1 Å². The van der Waals surface area contributed by atoms with Crippen LogP contribution in [0.2, 0.25) is 0 Å². The Morgan fingerprint density at radius 1 is 1.32 bits per heavy atom. The third-order valence-electron chi connectivity index (χ3n) is 4.22. The predicted octanol–water partition coefficient (Wildman–Crippen LogP) is 2.54. The summed E-state index contributed by atoms with van der Waals surface area (Å²) < 4.78 is 18.5. The van der Waals surface area contributed by atoms with Crippen LogP contribution >= 0.6 is 0 Å². The first-order valence-electron chi connectivity index (χ1n) is 7.85. The zero-order valence-corrected chi connectivity index (χ0v) is 13.6. The monoisotopic (exact) mass is 308 g/mol. The molecule has 122 valence electrons. The molecule has 1 aliphatic rings. The highest BCUT2D eigenvalue weighted by Crippen LogP contribution is 2.16. The lowest BCUT2D eigenvalue weighted by Gasteiger charge is -2.42. The van der Waals surface area contributed by atoms with Gasteiger partial charge in [0.05, 0.1) is 6.61 Å². The van der Waals surface area contributed by atoms with Gasteiger partial charge in [-0.2, -0.15) is 0 Å². The summed E-state index contributed by atoms with van der Waals surface area (Å²) in [6.45, 7) is 6.34. The van der Waals surface area contributed by atoms with Gasteiger partial charge >= 0.3 is 0 Å². The topological polar surface area (TPSA) is 32.8 Å². The highest BCUT2D eigenvalue weighted by Gasteiger charge is 2.29. The highest BCUT2D eigenvalue weighted by atomic mass is 19.1. The lowest BCUT2D eigenvalue weighted by atomic mass is 10.1. The summed E-state index contributed by atoms with van der Waals surface area (Å²) in [5, 5.41) is 0. The van der Waals surface area contributed by atoms with Crippen LogP contribution in [0.15, 0.2) is 24.3 Å². The molecule has 1 fully saturated rings. The zero-order valence-electron chi connectivity index (χ0n) is 13.6. The number of rotatable bonds is 5. The second kappa shape index (κ2) is 7.58. The van der Waals surface area contributed by atoms with Crippen LogP contribution in [0.25, 0.3) is 0 Å². The highest BCUT2D eigenvalue weighted by molar-refractivity contribution is 5.76. The number of nitrogens with zero attached hydrogens (tertiary/aromatic N) is 2. The van der Waals surface area contributed by atoms with E-state index >= 15 is 0 Å². The quantitative estimate of drug-likeness (QED) is 0.784. The molecule has 2 rings (SSSR count). The molecular weight excluding hydrogens is 283 g/mol. The second-order valence-corrected chi connectivity index (χ2v) is 6.09. The van der Waals surface area contributed by atoms with Crippen molar-refractivity contribution in [2.24, 2.45) is 0 Å². The third kappa shape index (κ3) is 4.44. The molecule has 0 spiro atoms. The molecule has 1 amide bonds. The van der Waals surface area contributed by atoms with E-state index < -0.39 is 0 Å². The van der Waals surface area contributed by atoms with Crippen LogP contribution in [-0.2, 0) is 4.79 Å². The maximum atomic E-state index is 13.0. The van der Waals surface area contributed by atoms with Gasteiger partial charge in [0, 0.05) is 37.7 Å². The Bertz CT molecular complexity index is 509. The normalized spacial score (nSPS) is 22.6. The van der Waals surface area contributed by atoms with E-state index in [0.29, 0.717) is 31.2 Å². The minimum absolute atomic E-state index is 0.176. The molecule has 1 aliphatic heterocycles. The van der Waals surface area contributed by atoms with Gasteiger partial charge in [0.2, 0.25) is 5.91 Å². The number of carbonyl (C=O) groups is 1. The minimum Gasteiger partial charge on any atom is -0.493 e. The Kier molecular flexibility index (Phi) is 5.77. The first kappa shape index (κ1) is 16.7. The molecule has 4 nitrogen and oxygen atoms in total. The number of carbonyl (C=O) groups excluding carboxylic acids is 1.